The molecular weight excluding hydrogens is 440 g/mol. The molecule has 0 saturated carbocycles. The molecular formula is C22H34O11. The van der Waals surface area contributed by atoms with E-state index in [9.17, 15) is 14.7 Å². The molecule has 1 N–H and O–H groups in total. The lowest BCUT2D eigenvalue weighted by atomic mass is 10.0. The van der Waals surface area contributed by atoms with Gasteiger partial charge in [-0.15, -0.1) is 0 Å². The number of carbonyl (C=O) groups is 2. The average Bonchev–Trinajstić information content (AvgIpc) is 3.55. The third-order valence-corrected chi connectivity index (χ3v) is 6.61. The molecule has 6 aliphatic heterocycles. The average molecular weight is 475 g/mol. The maximum atomic E-state index is 10.7. The molecule has 11 heteroatoms. The van der Waals surface area contributed by atoms with E-state index < -0.39 is 0 Å². The van der Waals surface area contributed by atoms with E-state index in [1.165, 1.54) is 13.8 Å². The number of hydrogen-bond acceptors (Lipinski definition) is 11. The van der Waals surface area contributed by atoms with Gasteiger partial charge in [-0.2, -0.15) is 0 Å². The Balaban J connectivity index is 0.000000119. The van der Waals surface area contributed by atoms with Crippen LogP contribution in [0.5, 0.6) is 0 Å². The number of carbonyl (C=O) groups excluding carboxylic acids is 2. The summed E-state index contributed by atoms with van der Waals surface area (Å²) in [5.74, 6) is 0.292. The van der Waals surface area contributed by atoms with Gasteiger partial charge in [-0.3, -0.25) is 9.59 Å². The lowest BCUT2D eigenvalue weighted by Crippen LogP contribution is -2.25. The van der Waals surface area contributed by atoms with Crippen LogP contribution in [0.4, 0.5) is 0 Å². The first kappa shape index (κ1) is 24.8. The van der Waals surface area contributed by atoms with Crippen LogP contribution in [0.25, 0.3) is 0 Å². The van der Waals surface area contributed by atoms with Gasteiger partial charge in [0.05, 0.1) is 57.6 Å². The van der Waals surface area contributed by atoms with Gasteiger partial charge in [-0.1, -0.05) is 0 Å². The van der Waals surface area contributed by atoms with Crippen LogP contribution < -0.4 is 0 Å². The molecule has 0 aliphatic carbocycles. The van der Waals surface area contributed by atoms with E-state index in [-0.39, 0.29) is 66.9 Å². The zero-order valence-corrected chi connectivity index (χ0v) is 19.1. The summed E-state index contributed by atoms with van der Waals surface area (Å²) in [7, 11) is 0. The van der Waals surface area contributed by atoms with Gasteiger partial charge in [0, 0.05) is 19.8 Å². The molecule has 0 amide bonds. The second kappa shape index (κ2) is 11.4. The summed E-state index contributed by atoms with van der Waals surface area (Å²) in [4.78, 5) is 21.3. The molecule has 6 fully saturated rings. The van der Waals surface area contributed by atoms with Gasteiger partial charge in [0.1, 0.15) is 12.2 Å². The Morgan fingerprint density at radius 2 is 1.03 bits per heavy atom. The number of ether oxygens (including phenoxy) is 8. The van der Waals surface area contributed by atoms with Crippen LogP contribution in [0.15, 0.2) is 0 Å². The highest BCUT2D eigenvalue weighted by Gasteiger charge is 2.44. The Labute approximate surface area is 192 Å². The second-order valence-corrected chi connectivity index (χ2v) is 8.94. The lowest BCUT2D eigenvalue weighted by molar-refractivity contribution is -0.148. The van der Waals surface area contributed by atoms with E-state index in [4.69, 9.17) is 37.9 Å². The van der Waals surface area contributed by atoms with Crippen molar-refractivity contribution < 1.29 is 52.6 Å². The van der Waals surface area contributed by atoms with Gasteiger partial charge in [0.25, 0.3) is 0 Å². The quantitative estimate of drug-likeness (QED) is 0.557. The number of rotatable bonds is 2. The minimum Gasteiger partial charge on any atom is -0.460 e. The Bertz CT molecular complexity index is 631. The minimum absolute atomic E-state index is 0.0880. The number of esters is 2. The third-order valence-electron chi connectivity index (χ3n) is 6.61. The van der Waals surface area contributed by atoms with Crippen molar-refractivity contribution in [3.05, 3.63) is 0 Å². The fourth-order valence-electron chi connectivity index (χ4n) is 4.96. The number of aliphatic hydroxyl groups excluding tert-OH is 1. The highest BCUT2D eigenvalue weighted by molar-refractivity contribution is 5.66. The summed E-state index contributed by atoms with van der Waals surface area (Å²) in [6.07, 6.45) is 2.00. The van der Waals surface area contributed by atoms with E-state index in [1.807, 2.05) is 0 Å². The minimum atomic E-state index is -0.280. The molecule has 9 atom stereocenters. The summed E-state index contributed by atoms with van der Waals surface area (Å²) in [6, 6.07) is 0. The van der Waals surface area contributed by atoms with Crippen LogP contribution in [0.2, 0.25) is 0 Å². The molecule has 0 aromatic carbocycles. The van der Waals surface area contributed by atoms with Gasteiger partial charge in [0.15, 0.2) is 18.9 Å². The fourth-order valence-corrected chi connectivity index (χ4v) is 4.96. The van der Waals surface area contributed by atoms with E-state index in [2.05, 4.69) is 0 Å². The Kier molecular flexibility index (Phi) is 8.55. The maximum Gasteiger partial charge on any atom is 0.302 e. The van der Waals surface area contributed by atoms with Crippen molar-refractivity contribution in [1.29, 1.82) is 0 Å². The molecule has 6 rings (SSSR count). The SMILES string of the molecule is CC(=O)O[C@@H]1CO[C@@H]2OCC[C@@H]21.CC(=O)O[C@H]1CO[C@H]2OCC[C@H]21.O[C@H]1CO[C@H]2OCC[C@H]21. The molecule has 0 radical (unpaired) electrons. The monoisotopic (exact) mass is 474 g/mol. The molecule has 33 heavy (non-hydrogen) atoms. The Morgan fingerprint density at radius 3 is 1.45 bits per heavy atom. The van der Waals surface area contributed by atoms with Crippen molar-refractivity contribution >= 4 is 11.9 Å². The largest absolute Gasteiger partial charge is 0.460 e. The Morgan fingerprint density at radius 1 is 0.636 bits per heavy atom. The number of hydrogen-bond donors (Lipinski definition) is 1. The standard InChI is InChI=1S/2C8H12O4.C6H10O3/c2*1-5(9)12-7-4-11-8-6(7)2-3-10-8;7-5-3-9-6-4(5)1-2-8-6/h2*6-8H,2-4H2,1H3;4-7H,1-3H2/t2*6-,7-,8+;4-,5-,6+/m100/s1. The Hall–Kier alpha value is -1.34. The van der Waals surface area contributed by atoms with Gasteiger partial charge < -0.3 is 43.0 Å². The summed E-state index contributed by atoms with van der Waals surface area (Å²) in [6.45, 7) is 6.43. The summed E-state index contributed by atoms with van der Waals surface area (Å²) in [5.41, 5.74) is 0. The second-order valence-electron chi connectivity index (χ2n) is 8.94. The van der Waals surface area contributed by atoms with Gasteiger partial charge in [-0.05, 0) is 19.3 Å². The van der Waals surface area contributed by atoms with Crippen molar-refractivity contribution in [2.45, 2.75) is 70.3 Å². The van der Waals surface area contributed by atoms with Crippen LogP contribution in [0.3, 0.4) is 0 Å². The van der Waals surface area contributed by atoms with Gasteiger partial charge in [-0.25, -0.2) is 0 Å². The van der Waals surface area contributed by atoms with Crippen molar-refractivity contribution in [3.63, 3.8) is 0 Å². The highest BCUT2D eigenvalue weighted by atomic mass is 16.7. The van der Waals surface area contributed by atoms with Crippen LogP contribution >= 0.6 is 0 Å². The van der Waals surface area contributed by atoms with Gasteiger partial charge in [0.2, 0.25) is 0 Å². The predicted molar refractivity (Wildman–Crippen MR) is 109 cm³/mol. The molecule has 11 nitrogen and oxygen atoms in total. The first-order chi connectivity index (χ1) is 15.9. The normalized spacial score (nSPS) is 42.3. The maximum absolute atomic E-state index is 10.7. The van der Waals surface area contributed by atoms with Crippen molar-refractivity contribution in [3.8, 4) is 0 Å². The summed E-state index contributed by atoms with van der Waals surface area (Å²) in [5, 5.41) is 9.19. The molecule has 6 heterocycles. The van der Waals surface area contributed by atoms with Crippen LogP contribution in [0.1, 0.15) is 33.1 Å². The van der Waals surface area contributed by atoms with Crippen molar-refractivity contribution in [2.75, 3.05) is 39.6 Å². The molecule has 6 aliphatic rings. The summed E-state index contributed by atoms with van der Waals surface area (Å²) < 4.78 is 41.6. The molecule has 0 spiro atoms. The zero-order valence-electron chi connectivity index (χ0n) is 19.1. The first-order valence-corrected chi connectivity index (χ1v) is 11.6. The predicted octanol–water partition coefficient (Wildman–Crippen LogP) is 0.362. The van der Waals surface area contributed by atoms with E-state index in [0.717, 1.165) is 25.9 Å². The fraction of sp³-hybridized carbons (Fsp3) is 0.909. The number of aliphatic hydroxyl groups is 1. The molecule has 0 aromatic rings. The lowest BCUT2D eigenvalue weighted by Gasteiger charge is -2.13. The third kappa shape index (κ3) is 6.21. The smallest absolute Gasteiger partial charge is 0.302 e. The number of fused-ring (bicyclic) bond motifs is 3. The van der Waals surface area contributed by atoms with E-state index in [1.54, 1.807) is 0 Å². The summed E-state index contributed by atoms with van der Waals surface area (Å²) >= 11 is 0. The molecule has 0 bridgehead atoms. The van der Waals surface area contributed by atoms with E-state index in [0.29, 0.717) is 33.0 Å². The molecule has 188 valence electrons. The van der Waals surface area contributed by atoms with Crippen LogP contribution in [-0.4, -0.2) is 93.9 Å². The molecule has 0 unspecified atom stereocenters. The molecule has 0 aromatic heterocycles. The van der Waals surface area contributed by atoms with Crippen LogP contribution in [-0.2, 0) is 47.5 Å². The van der Waals surface area contributed by atoms with Crippen molar-refractivity contribution in [1.82, 2.24) is 0 Å². The van der Waals surface area contributed by atoms with Gasteiger partial charge >= 0.3 is 11.9 Å². The van der Waals surface area contributed by atoms with Crippen molar-refractivity contribution in [2.24, 2.45) is 17.8 Å². The highest BCUT2D eigenvalue weighted by Crippen LogP contribution is 2.34. The first-order valence-electron chi connectivity index (χ1n) is 11.6. The zero-order chi connectivity index (χ0) is 23.4. The molecule has 6 saturated heterocycles. The topological polar surface area (TPSA) is 128 Å². The van der Waals surface area contributed by atoms with E-state index >= 15 is 0 Å². The van der Waals surface area contributed by atoms with Crippen LogP contribution in [0, 0.1) is 17.8 Å².